The van der Waals surface area contributed by atoms with Crippen LogP contribution in [0.4, 0.5) is 0 Å². The van der Waals surface area contributed by atoms with Gasteiger partial charge in [-0.25, -0.2) is 0 Å². The fourth-order valence-corrected chi connectivity index (χ4v) is 6.30. The van der Waals surface area contributed by atoms with Crippen LogP contribution in [0.5, 0.6) is 0 Å². The topological polar surface area (TPSA) is 147 Å². The molecule has 4 rings (SSSR count). The van der Waals surface area contributed by atoms with Crippen LogP contribution in [0.2, 0.25) is 5.02 Å². The van der Waals surface area contributed by atoms with Gasteiger partial charge in [-0.2, -0.15) is 0 Å². The average Bonchev–Trinajstić information content (AvgIpc) is 3.48. The van der Waals surface area contributed by atoms with Crippen molar-refractivity contribution in [2.24, 2.45) is 0 Å². The number of esters is 4. The highest BCUT2D eigenvalue weighted by Gasteiger charge is 2.54. The molecule has 11 nitrogen and oxygen atoms in total. The van der Waals surface area contributed by atoms with Crippen LogP contribution in [-0.4, -0.2) is 65.7 Å². The van der Waals surface area contributed by atoms with Crippen LogP contribution in [0.1, 0.15) is 54.7 Å². The van der Waals surface area contributed by atoms with E-state index in [1.165, 1.54) is 18.3 Å². The van der Waals surface area contributed by atoms with Crippen LogP contribution in [0.15, 0.2) is 34.1 Å². The number of aromatic nitrogens is 1. The lowest BCUT2D eigenvalue weighted by molar-refractivity contribution is -0.255. The molecule has 3 heterocycles. The lowest BCUT2D eigenvalue weighted by Gasteiger charge is -2.44. The number of hydrogen-bond donors (Lipinski definition) is 1. The van der Waals surface area contributed by atoms with Crippen LogP contribution in [-0.2, 0) is 42.9 Å². The zero-order chi connectivity index (χ0) is 30.0. The highest BCUT2D eigenvalue weighted by molar-refractivity contribution is 9.11. The van der Waals surface area contributed by atoms with Crippen molar-refractivity contribution < 1.29 is 47.7 Å². The molecule has 1 fully saturated rings. The molecule has 0 aliphatic carbocycles. The van der Waals surface area contributed by atoms with Crippen molar-refractivity contribution in [2.45, 2.75) is 58.2 Å². The molecule has 2 aromatic heterocycles. The highest BCUT2D eigenvalue weighted by atomic mass is 79.9. The first-order valence-electron chi connectivity index (χ1n) is 12.3. The number of aromatic amines is 1. The predicted molar refractivity (Wildman–Crippen MR) is 150 cm³/mol. The summed E-state index contributed by atoms with van der Waals surface area (Å²) in [5, 5.41) is 0.668. The standard InChI is InChI=1S/C27H25BrClNO10S/c1-11(31)36-10-17-24(37-12(2)32)26(38-13(3)33)27(39-14(4)34)25(40-17)22-21(23(35)18-8-9-19(28)41-18)20-15(29)6-5-7-16(20)30-22/h5-9,17,24-27,30H,10H2,1-4H3/t17-,24-,25+,26+,27+/m1/s1. The number of thiophene rings is 1. The monoisotopic (exact) mass is 669 g/mol. The summed E-state index contributed by atoms with van der Waals surface area (Å²) in [5.74, 6) is -3.32. The normalized spacial score (nSPS) is 22.1. The van der Waals surface area contributed by atoms with Crippen LogP contribution in [0, 0.1) is 0 Å². The number of carbonyl (C=O) groups excluding carboxylic acids is 5. The van der Waals surface area contributed by atoms with Gasteiger partial charge in [-0.15, -0.1) is 11.3 Å². The Labute approximate surface area is 251 Å². The first-order chi connectivity index (χ1) is 19.4. The van der Waals surface area contributed by atoms with E-state index in [-0.39, 0.29) is 16.3 Å². The van der Waals surface area contributed by atoms with Crippen LogP contribution in [0.25, 0.3) is 10.9 Å². The Bertz CT molecular complexity index is 1520. The molecule has 1 aliphatic rings. The third-order valence-electron chi connectivity index (χ3n) is 6.10. The molecule has 1 aliphatic heterocycles. The Hall–Kier alpha value is -3.26. The zero-order valence-corrected chi connectivity index (χ0v) is 25.4. The van der Waals surface area contributed by atoms with Crippen molar-refractivity contribution in [1.29, 1.82) is 0 Å². The smallest absolute Gasteiger partial charge is 0.303 e. The van der Waals surface area contributed by atoms with Crippen molar-refractivity contribution in [2.75, 3.05) is 6.61 Å². The Kier molecular flexibility index (Phi) is 9.52. The van der Waals surface area contributed by atoms with Gasteiger partial charge < -0.3 is 28.7 Å². The van der Waals surface area contributed by atoms with E-state index in [4.69, 9.17) is 35.3 Å². The summed E-state index contributed by atoms with van der Waals surface area (Å²) in [6.45, 7) is 4.19. The number of carbonyl (C=O) groups is 5. The summed E-state index contributed by atoms with van der Waals surface area (Å²) in [5.41, 5.74) is 0.792. The van der Waals surface area contributed by atoms with Gasteiger partial charge in [-0.3, -0.25) is 24.0 Å². The number of ketones is 1. The average molecular weight is 671 g/mol. The third-order valence-corrected chi connectivity index (χ3v) is 8.04. The zero-order valence-electron chi connectivity index (χ0n) is 22.2. The van der Waals surface area contributed by atoms with E-state index in [9.17, 15) is 24.0 Å². The molecule has 3 aromatic rings. The second-order valence-corrected chi connectivity index (χ2v) is 12.0. The fourth-order valence-electron chi connectivity index (χ4n) is 4.69. The van der Waals surface area contributed by atoms with Crippen molar-refractivity contribution >= 4 is 79.4 Å². The summed E-state index contributed by atoms with van der Waals surface area (Å²) in [6, 6.07) is 8.38. The molecule has 0 amide bonds. The van der Waals surface area contributed by atoms with E-state index in [2.05, 4.69) is 20.9 Å². The van der Waals surface area contributed by atoms with Gasteiger partial charge in [-0.05, 0) is 40.2 Å². The summed E-state index contributed by atoms with van der Waals surface area (Å²) in [7, 11) is 0. The molecule has 1 N–H and O–H groups in total. The molecule has 0 saturated carbocycles. The van der Waals surface area contributed by atoms with E-state index in [1.807, 2.05) is 0 Å². The second-order valence-electron chi connectivity index (χ2n) is 9.13. The predicted octanol–water partition coefficient (Wildman–Crippen LogP) is 4.67. The number of hydrogen-bond acceptors (Lipinski definition) is 11. The molecule has 0 radical (unpaired) electrons. The summed E-state index contributed by atoms with van der Waals surface area (Å²) in [4.78, 5) is 65.8. The van der Waals surface area contributed by atoms with E-state index in [0.717, 1.165) is 24.6 Å². The van der Waals surface area contributed by atoms with Gasteiger partial charge >= 0.3 is 23.9 Å². The van der Waals surface area contributed by atoms with Gasteiger partial charge in [0, 0.05) is 38.6 Å². The molecule has 5 atom stereocenters. The summed E-state index contributed by atoms with van der Waals surface area (Å²) < 4.78 is 28.8. The fraction of sp³-hybridized carbons (Fsp3) is 0.370. The van der Waals surface area contributed by atoms with E-state index in [0.29, 0.717) is 15.8 Å². The lowest BCUT2D eigenvalue weighted by atomic mass is 9.90. The number of rotatable bonds is 8. The van der Waals surface area contributed by atoms with Gasteiger partial charge in [0.15, 0.2) is 18.3 Å². The Morgan fingerprint density at radius 2 is 1.54 bits per heavy atom. The summed E-state index contributed by atoms with van der Waals surface area (Å²) in [6.07, 6.45) is -6.62. The van der Waals surface area contributed by atoms with Crippen molar-refractivity contribution in [3.05, 3.63) is 55.3 Å². The molecule has 1 aromatic carbocycles. The highest BCUT2D eigenvalue weighted by Crippen LogP contribution is 2.42. The second kappa shape index (κ2) is 12.7. The molecule has 0 bridgehead atoms. The van der Waals surface area contributed by atoms with Crippen molar-refractivity contribution in [1.82, 2.24) is 4.98 Å². The van der Waals surface area contributed by atoms with Crippen molar-refractivity contribution in [3.8, 4) is 0 Å². The molecule has 0 spiro atoms. The van der Waals surface area contributed by atoms with Crippen LogP contribution in [0.3, 0.4) is 0 Å². The van der Waals surface area contributed by atoms with Gasteiger partial charge in [0.1, 0.15) is 18.8 Å². The maximum absolute atomic E-state index is 14.0. The number of ether oxygens (including phenoxy) is 5. The maximum atomic E-state index is 14.0. The molecular formula is C27H25BrClNO10S. The lowest BCUT2D eigenvalue weighted by Crippen LogP contribution is -2.59. The summed E-state index contributed by atoms with van der Waals surface area (Å²) >= 11 is 11.1. The van der Waals surface area contributed by atoms with E-state index < -0.39 is 66.8 Å². The minimum absolute atomic E-state index is 0.140. The Morgan fingerprint density at radius 3 is 2.12 bits per heavy atom. The largest absolute Gasteiger partial charge is 0.463 e. The SMILES string of the molecule is CC(=O)OC[C@H]1O[C@@H](c2[nH]c3cccc(Cl)c3c2C(=O)c2ccc(Br)s2)[C@H](OC(C)=O)[C@@H](OC(C)=O)[C@@H]1OC(C)=O. The molecular weight excluding hydrogens is 646 g/mol. The van der Waals surface area contributed by atoms with Gasteiger partial charge in [0.2, 0.25) is 5.78 Å². The van der Waals surface area contributed by atoms with E-state index >= 15 is 0 Å². The molecule has 218 valence electrons. The maximum Gasteiger partial charge on any atom is 0.303 e. The Morgan fingerprint density at radius 1 is 0.902 bits per heavy atom. The number of benzene rings is 1. The minimum atomic E-state index is -1.40. The molecule has 14 heteroatoms. The third kappa shape index (κ3) is 6.80. The molecule has 41 heavy (non-hydrogen) atoms. The van der Waals surface area contributed by atoms with Gasteiger partial charge in [0.05, 0.1) is 24.9 Å². The molecule has 1 saturated heterocycles. The van der Waals surface area contributed by atoms with E-state index in [1.54, 1.807) is 30.3 Å². The van der Waals surface area contributed by atoms with Gasteiger partial charge in [-0.1, -0.05) is 17.7 Å². The number of fused-ring (bicyclic) bond motifs is 1. The minimum Gasteiger partial charge on any atom is -0.463 e. The van der Waals surface area contributed by atoms with Crippen LogP contribution >= 0.6 is 38.9 Å². The molecule has 0 unspecified atom stereocenters. The first-order valence-corrected chi connectivity index (χ1v) is 14.3. The quantitative estimate of drug-likeness (QED) is 0.204. The van der Waals surface area contributed by atoms with Gasteiger partial charge in [0.25, 0.3) is 0 Å². The number of halogens is 2. The van der Waals surface area contributed by atoms with Crippen molar-refractivity contribution in [3.63, 3.8) is 0 Å². The number of H-pyrrole nitrogens is 1. The Balaban J connectivity index is 1.95. The van der Waals surface area contributed by atoms with Crippen LogP contribution < -0.4 is 0 Å². The number of nitrogens with one attached hydrogen (secondary N) is 1. The first kappa shape index (κ1) is 30.7.